The maximum absolute atomic E-state index is 12.6. The Labute approximate surface area is 231 Å². The molecule has 208 valence electrons. The van der Waals surface area contributed by atoms with Crippen molar-refractivity contribution in [2.75, 3.05) is 13.2 Å². The van der Waals surface area contributed by atoms with Crippen LogP contribution in [0.25, 0.3) is 31.8 Å². The minimum absolute atomic E-state index is 0.0786. The van der Waals surface area contributed by atoms with E-state index in [-0.39, 0.29) is 23.6 Å². The van der Waals surface area contributed by atoms with Gasteiger partial charge in [0.05, 0.1) is 32.3 Å². The number of thiazole rings is 1. The van der Waals surface area contributed by atoms with Crippen molar-refractivity contribution in [3.05, 3.63) is 71.4 Å². The summed E-state index contributed by atoms with van der Waals surface area (Å²) in [5, 5.41) is 0.619. The molecule has 1 N–H and O–H groups in total. The van der Waals surface area contributed by atoms with Crippen molar-refractivity contribution < 1.29 is 31.1 Å². The molecule has 0 spiro atoms. The third kappa shape index (κ3) is 6.16. The van der Waals surface area contributed by atoms with Gasteiger partial charge >= 0.3 is 6.36 Å². The van der Waals surface area contributed by atoms with Crippen LogP contribution >= 0.6 is 11.3 Å². The van der Waals surface area contributed by atoms with Crippen LogP contribution < -0.4 is 14.2 Å². The molecule has 0 radical (unpaired) electrons. The number of nitrogens with one attached hydrogen (secondary N) is 1. The van der Waals surface area contributed by atoms with Gasteiger partial charge in [-0.25, -0.2) is 28.1 Å². The first-order chi connectivity index (χ1) is 18.9. The van der Waals surface area contributed by atoms with Crippen molar-refractivity contribution in [3.8, 4) is 22.2 Å². The van der Waals surface area contributed by atoms with E-state index in [0.29, 0.717) is 21.8 Å². The van der Waals surface area contributed by atoms with E-state index in [1.54, 1.807) is 37.3 Å². The zero-order valence-corrected chi connectivity index (χ0v) is 23.2. The summed E-state index contributed by atoms with van der Waals surface area (Å²) in [6.07, 6.45) is -3.93. The number of sulfonamides is 1. The Kier molecular flexibility index (Phi) is 7.38. The van der Waals surface area contributed by atoms with Crippen LogP contribution in [-0.2, 0) is 10.0 Å². The van der Waals surface area contributed by atoms with Gasteiger partial charge in [-0.2, -0.15) is 0 Å². The minimum Gasteiger partial charge on any atom is -0.492 e. The van der Waals surface area contributed by atoms with Crippen molar-refractivity contribution in [1.82, 2.24) is 19.7 Å². The smallest absolute Gasteiger partial charge is 0.492 e. The molecule has 0 aliphatic rings. The molecule has 40 heavy (non-hydrogen) atoms. The maximum Gasteiger partial charge on any atom is 0.574 e. The lowest BCUT2D eigenvalue weighted by Crippen LogP contribution is -2.28. The molecule has 2 heterocycles. The van der Waals surface area contributed by atoms with Gasteiger partial charge in [0, 0.05) is 12.1 Å². The SMILES string of the molecule is Cc1ccc(S(=O)(=O)NCCOc2cc(C)c3nc(-c4cc(C)cc5nc(OC(F)(F)F)cnc45)sc3c2)cc1. The molecule has 5 aromatic rings. The molecule has 0 unspecified atom stereocenters. The van der Waals surface area contributed by atoms with Crippen molar-refractivity contribution >= 4 is 42.6 Å². The molecule has 0 bridgehead atoms. The Morgan fingerprint density at radius 3 is 2.42 bits per heavy atom. The lowest BCUT2D eigenvalue weighted by atomic mass is 10.1. The van der Waals surface area contributed by atoms with E-state index in [2.05, 4.69) is 19.4 Å². The molecule has 0 saturated carbocycles. The van der Waals surface area contributed by atoms with Crippen LogP contribution in [0.4, 0.5) is 13.2 Å². The average Bonchev–Trinajstić information content (AvgIpc) is 3.30. The monoisotopic (exact) mass is 588 g/mol. The normalized spacial score (nSPS) is 12.2. The van der Waals surface area contributed by atoms with Crippen LogP contribution in [0.5, 0.6) is 11.6 Å². The number of ether oxygens (including phenoxy) is 2. The number of benzene rings is 3. The van der Waals surface area contributed by atoms with Gasteiger partial charge in [-0.15, -0.1) is 24.5 Å². The Morgan fingerprint density at radius 1 is 0.950 bits per heavy atom. The van der Waals surface area contributed by atoms with Gasteiger partial charge in [0.1, 0.15) is 17.4 Å². The van der Waals surface area contributed by atoms with Crippen molar-refractivity contribution in [2.24, 2.45) is 0 Å². The summed E-state index contributed by atoms with van der Waals surface area (Å²) in [7, 11) is -3.65. The molecule has 0 fully saturated rings. The number of fused-ring (bicyclic) bond motifs is 2. The molecule has 0 aliphatic carbocycles. The Balaban J connectivity index is 1.35. The highest BCUT2D eigenvalue weighted by molar-refractivity contribution is 7.89. The fourth-order valence-electron chi connectivity index (χ4n) is 4.09. The predicted octanol–water partition coefficient (Wildman–Crippen LogP) is 6.09. The second kappa shape index (κ2) is 10.6. The summed E-state index contributed by atoms with van der Waals surface area (Å²) < 4.78 is 76.0. The molecular weight excluding hydrogens is 565 g/mol. The summed E-state index contributed by atoms with van der Waals surface area (Å²) in [4.78, 5) is 13.1. The third-order valence-corrected chi connectivity index (χ3v) is 8.39. The van der Waals surface area contributed by atoms with Crippen LogP contribution in [0.1, 0.15) is 16.7 Å². The van der Waals surface area contributed by atoms with Gasteiger partial charge in [-0.1, -0.05) is 17.7 Å². The molecule has 0 amide bonds. The van der Waals surface area contributed by atoms with E-state index < -0.39 is 22.3 Å². The topological polar surface area (TPSA) is 103 Å². The first-order valence-corrected chi connectivity index (χ1v) is 14.3. The number of hydrogen-bond acceptors (Lipinski definition) is 8. The standard InChI is InChI=1S/C27H23F3N4O4S2/c1-15-4-6-19(7-5-15)40(35,36)32-8-9-37-18-12-17(3)24-22(13-18)39-26(34-24)20-10-16(2)11-21-25(20)31-14-23(33-21)38-27(28,29)30/h4-7,10-14,32H,8-9H2,1-3H3. The highest BCUT2D eigenvalue weighted by atomic mass is 32.2. The van der Waals surface area contributed by atoms with Gasteiger partial charge < -0.3 is 9.47 Å². The Morgan fingerprint density at radius 2 is 1.70 bits per heavy atom. The van der Waals surface area contributed by atoms with Gasteiger partial charge in [0.25, 0.3) is 0 Å². The molecule has 0 saturated heterocycles. The third-order valence-electron chi connectivity index (χ3n) is 5.87. The zero-order chi connectivity index (χ0) is 28.7. The second-order valence-electron chi connectivity index (χ2n) is 9.10. The number of nitrogens with zero attached hydrogens (tertiary/aromatic N) is 3. The lowest BCUT2D eigenvalue weighted by Gasteiger charge is -2.09. The summed E-state index contributed by atoms with van der Waals surface area (Å²) in [6, 6.07) is 13.7. The molecule has 0 aliphatic heterocycles. The van der Waals surface area contributed by atoms with Gasteiger partial charge in [0.2, 0.25) is 15.9 Å². The van der Waals surface area contributed by atoms with E-state index in [9.17, 15) is 21.6 Å². The van der Waals surface area contributed by atoms with Crippen LogP contribution in [0.15, 0.2) is 59.6 Å². The molecule has 5 rings (SSSR count). The van der Waals surface area contributed by atoms with E-state index in [4.69, 9.17) is 9.72 Å². The molecular formula is C27H23F3N4O4S2. The van der Waals surface area contributed by atoms with Crippen LogP contribution in [-0.4, -0.2) is 42.9 Å². The number of halogens is 3. The van der Waals surface area contributed by atoms with E-state index in [1.807, 2.05) is 32.0 Å². The number of aryl methyl sites for hydroxylation is 3. The number of hydrogen-bond donors (Lipinski definition) is 1. The van der Waals surface area contributed by atoms with Crippen LogP contribution in [0.3, 0.4) is 0 Å². The Bertz CT molecular complexity index is 1820. The number of alkyl halides is 3. The highest BCUT2D eigenvalue weighted by Gasteiger charge is 2.32. The predicted molar refractivity (Wildman–Crippen MR) is 146 cm³/mol. The highest BCUT2D eigenvalue weighted by Crippen LogP contribution is 2.37. The summed E-state index contributed by atoms with van der Waals surface area (Å²) in [5.74, 6) is -0.0859. The lowest BCUT2D eigenvalue weighted by molar-refractivity contribution is -0.276. The van der Waals surface area contributed by atoms with E-state index in [1.165, 1.54) is 11.3 Å². The zero-order valence-electron chi connectivity index (χ0n) is 21.5. The van der Waals surface area contributed by atoms with Crippen LogP contribution in [0.2, 0.25) is 0 Å². The van der Waals surface area contributed by atoms with E-state index in [0.717, 1.165) is 33.1 Å². The number of rotatable bonds is 8. The maximum atomic E-state index is 12.6. The molecule has 2 aromatic heterocycles. The average molecular weight is 589 g/mol. The van der Waals surface area contributed by atoms with Gasteiger partial charge in [0.15, 0.2) is 0 Å². The quantitative estimate of drug-likeness (QED) is 0.219. The fraction of sp³-hybridized carbons (Fsp3) is 0.222. The van der Waals surface area contributed by atoms with Crippen molar-refractivity contribution in [2.45, 2.75) is 32.0 Å². The molecule has 3 aromatic carbocycles. The van der Waals surface area contributed by atoms with Crippen molar-refractivity contribution in [3.63, 3.8) is 0 Å². The first kappa shape index (κ1) is 27.7. The Hall–Kier alpha value is -3.81. The van der Waals surface area contributed by atoms with Crippen molar-refractivity contribution in [1.29, 1.82) is 0 Å². The number of aromatic nitrogens is 3. The first-order valence-electron chi connectivity index (χ1n) is 12.0. The van der Waals surface area contributed by atoms with Gasteiger partial charge in [-0.05, 0) is 68.3 Å². The molecule has 8 nitrogen and oxygen atoms in total. The molecule has 0 atom stereocenters. The minimum atomic E-state index is -4.87. The second-order valence-corrected chi connectivity index (χ2v) is 11.9. The van der Waals surface area contributed by atoms with E-state index >= 15 is 0 Å². The largest absolute Gasteiger partial charge is 0.574 e. The summed E-state index contributed by atoms with van der Waals surface area (Å²) >= 11 is 1.38. The van der Waals surface area contributed by atoms with Gasteiger partial charge in [-0.3, -0.25) is 0 Å². The summed E-state index contributed by atoms with van der Waals surface area (Å²) in [5.41, 5.74) is 4.61. The van der Waals surface area contributed by atoms with Crippen LogP contribution in [0, 0.1) is 20.8 Å². The summed E-state index contributed by atoms with van der Waals surface area (Å²) in [6.45, 7) is 5.76. The molecule has 13 heteroatoms. The fourth-order valence-corrected chi connectivity index (χ4v) is 6.19.